The van der Waals surface area contributed by atoms with Crippen molar-refractivity contribution in [1.82, 2.24) is 5.32 Å². The SMILES string of the molecule is COCCC(=O)N[C@@H]1C(C)(C)[C@@H]2C[C@@H]3[C@@H](c4cccc(O)c4)OCC[C@@]31C2. The zero-order chi connectivity index (χ0) is 19.2. The van der Waals surface area contributed by atoms with Crippen molar-refractivity contribution in [1.29, 1.82) is 0 Å². The van der Waals surface area contributed by atoms with Gasteiger partial charge in [0, 0.05) is 26.2 Å². The Labute approximate surface area is 161 Å². The van der Waals surface area contributed by atoms with Crippen LogP contribution in [0.25, 0.3) is 0 Å². The van der Waals surface area contributed by atoms with E-state index < -0.39 is 0 Å². The second-order valence-electron chi connectivity index (χ2n) is 9.18. The Morgan fingerprint density at radius 1 is 1.41 bits per heavy atom. The minimum atomic E-state index is -0.00896. The number of carbonyl (C=O) groups is 1. The van der Waals surface area contributed by atoms with E-state index in [4.69, 9.17) is 9.47 Å². The summed E-state index contributed by atoms with van der Waals surface area (Å²) in [6.45, 7) is 5.77. The molecule has 1 heterocycles. The highest BCUT2D eigenvalue weighted by molar-refractivity contribution is 5.76. The van der Waals surface area contributed by atoms with Crippen LogP contribution in [0.1, 0.15) is 51.2 Å². The van der Waals surface area contributed by atoms with Crippen molar-refractivity contribution in [3.63, 3.8) is 0 Å². The Bertz CT molecular complexity index is 718. The van der Waals surface area contributed by atoms with Gasteiger partial charge in [0.1, 0.15) is 5.75 Å². The van der Waals surface area contributed by atoms with Crippen LogP contribution in [0.3, 0.4) is 0 Å². The lowest BCUT2D eigenvalue weighted by molar-refractivity contribution is -0.137. The molecule has 1 saturated heterocycles. The number of aromatic hydroxyl groups is 1. The van der Waals surface area contributed by atoms with E-state index in [0.717, 1.165) is 24.8 Å². The molecule has 2 aliphatic carbocycles. The number of amides is 1. The molecule has 0 radical (unpaired) electrons. The molecule has 3 fully saturated rings. The Morgan fingerprint density at radius 2 is 2.22 bits per heavy atom. The van der Waals surface area contributed by atoms with E-state index in [1.165, 1.54) is 0 Å². The predicted octanol–water partition coefficient (Wildman–Crippen LogP) is 3.43. The lowest BCUT2D eigenvalue weighted by Gasteiger charge is -2.53. The summed E-state index contributed by atoms with van der Waals surface area (Å²) < 4.78 is 11.3. The average Bonchev–Trinajstić information content (AvgIpc) is 3.12. The second-order valence-corrected chi connectivity index (χ2v) is 9.18. The summed E-state index contributed by atoms with van der Waals surface area (Å²) in [7, 11) is 1.63. The van der Waals surface area contributed by atoms with Crippen molar-refractivity contribution in [3.05, 3.63) is 29.8 Å². The summed E-state index contributed by atoms with van der Waals surface area (Å²) in [5, 5.41) is 13.3. The highest BCUT2D eigenvalue weighted by atomic mass is 16.5. The number of benzene rings is 1. The number of phenols is 1. The first kappa shape index (κ1) is 18.8. The third-order valence-corrected chi connectivity index (χ3v) is 7.54. The summed E-state index contributed by atoms with van der Waals surface area (Å²) >= 11 is 0. The number of hydrogen-bond donors (Lipinski definition) is 2. The van der Waals surface area contributed by atoms with E-state index in [0.29, 0.717) is 31.5 Å². The number of carbonyl (C=O) groups excluding carboxylic acids is 1. The minimum Gasteiger partial charge on any atom is -0.508 e. The van der Waals surface area contributed by atoms with Crippen LogP contribution >= 0.6 is 0 Å². The Balaban J connectivity index is 1.63. The molecule has 0 aromatic heterocycles. The van der Waals surface area contributed by atoms with Crippen molar-refractivity contribution in [3.8, 4) is 5.75 Å². The van der Waals surface area contributed by atoms with Gasteiger partial charge < -0.3 is 19.9 Å². The maximum atomic E-state index is 12.5. The van der Waals surface area contributed by atoms with Crippen LogP contribution in [0.5, 0.6) is 5.75 Å². The number of methoxy groups -OCH3 is 1. The predicted molar refractivity (Wildman–Crippen MR) is 102 cm³/mol. The van der Waals surface area contributed by atoms with Gasteiger partial charge in [-0.3, -0.25) is 4.79 Å². The standard InChI is InChI=1S/C22H31NO4/c1-21(2)15-12-17-19(14-5-4-6-16(24)11-14)27-10-8-22(17,13-15)20(21)23-18(25)7-9-26-3/h4-6,11,15,17,19-20,24H,7-10,12-13H2,1-3H3,(H,23,25)/t15-,17-,19-,20-,22-/m1/s1. The summed E-state index contributed by atoms with van der Waals surface area (Å²) in [5.41, 5.74) is 1.21. The lowest BCUT2D eigenvalue weighted by Crippen LogP contribution is -2.59. The third kappa shape index (κ3) is 2.95. The Hall–Kier alpha value is -1.59. The molecule has 2 saturated carbocycles. The molecule has 3 aliphatic rings. The van der Waals surface area contributed by atoms with Gasteiger partial charge in [-0.15, -0.1) is 0 Å². The number of nitrogens with one attached hydrogen (secondary N) is 1. The van der Waals surface area contributed by atoms with Gasteiger partial charge in [-0.25, -0.2) is 0 Å². The molecule has 5 heteroatoms. The number of phenolic OH excluding ortho intramolecular Hbond substituents is 1. The maximum Gasteiger partial charge on any atom is 0.222 e. The van der Waals surface area contributed by atoms with E-state index in [1.54, 1.807) is 13.2 Å². The fourth-order valence-electron chi connectivity index (χ4n) is 6.25. The van der Waals surface area contributed by atoms with Crippen molar-refractivity contribution in [2.45, 2.75) is 51.7 Å². The first-order valence-corrected chi connectivity index (χ1v) is 10.1. The molecule has 27 heavy (non-hydrogen) atoms. The highest BCUT2D eigenvalue weighted by Gasteiger charge is 2.68. The third-order valence-electron chi connectivity index (χ3n) is 7.54. The van der Waals surface area contributed by atoms with Crippen molar-refractivity contribution in [2.75, 3.05) is 20.3 Å². The molecule has 0 unspecified atom stereocenters. The smallest absolute Gasteiger partial charge is 0.222 e. The molecule has 1 amide bonds. The average molecular weight is 373 g/mol. The van der Waals surface area contributed by atoms with Crippen LogP contribution in [0.4, 0.5) is 0 Å². The van der Waals surface area contributed by atoms with E-state index in [9.17, 15) is 9.90 Å². The molecule has 5 atom stereocenters. The highest BCUT2D eigenvalue weighted by Crippen LogP contribution is 2.70. The van der Waals surface area contributed by atoms with Gasteiger partial charge in [-0.2, -0.15) is 0 Å². The summed E-state index contributed by atoms with van der Waals surface area (Å²) in [6, 6.07) is 7.61. The molecule has 1 aromatic carbocycles. The Morgan fingerprint density at radius 3 is 2.96 bits per heavy atom. The van der Waals surface area contributed by atoms with Crippen LogP contribution in [-0.4, -0.2) is 37.4 Å². The number of fused-ring (bicyclic) bond motifs is 1. The number of rotatable bonds is 5. The Kier molecular flexibility index (Phi) is 4.71. The van der Waals surface area contributed by atoms with Crippen molar-refractivity contribution < 1.29 is 19.4 Å². The van der Waals surface area contributed by atoms with Gasteiger partial charge >= 0.3 is 0 Å². The summed E-state index contributed by atoms with van der Waals surface area (Å²) in [6.07, 6.45) is 3.66. The maximum absolute atomic E-state index is 12.5. The molecular weight excluding hydrogens is 342 g/mol. The molecular formula is C22H31NO4. The fraction of sp³-hybridized carbons (Fsp3) is 0.682. The van der Waals surface area contributed by atoms with Gasteiger partial charge in [0.15, 0.2) is 0 Å². The molecule has 4 rings (SSSR count). The first-order chi connectivity index (χ1) is 12.9. The summed E-state index contributed by atoms with van der Waals surface area (Å²) in [5.74, 6) is 1.31. The first-order valence-electron chi connectivity index (χ1n) is 10.1. The van der Waals surface area contributed by atoms with Gasteiger partial charge in [0.2, 0.25) is 5.91 Å². The van der Waals surface area contributed by atoms with Gasteiger partial charge in [0.25, 0.3) is 0 Å². The molecule has 2 bridgehead atoms. The second kappa shape index (κ2) is 6.78. The minimum absolute atomic E-state index is 0.00896. The summed E-state index contributed by atoms with van der Waals surface area (Å²) in [4.78, 5) is 12.5. The van der Waals surface area contributed by atoms with Crippen molar-refractivity contribution >= 4 is 5.91 Å². The van der Waals surface area contributed by atoms with Crippen LogP contribution in [0.2, 0.25) is 0 Å². The topological polar surface area (TPSA) is 67.8 Å². The van der Waals surface area contributed by atoms with Gasteiger partial charge in [-0.1, -0.05) is 26.0 Å². The van der Waals surface area contributed by atoms with E-state index >= 15 is 0 Å². The van der Waals surface area contributed by atoms with Crippen molar-refractivity contribution in [2.24, 2.45) is 22.7 Å². The van der Waals surface area contributed by atoms with Crippen LogP contribution in [-0.2, 0) is 14.3 Å². The zero-order valence-corrected chi connectivity index (χ0v) is 16.5. The fourth-order valence-corrected chi connectivity index (χ4v) is 6.25. The largest absolute Gasteiger partial charge is 0.508 e. The van der Waals surface area contributed by atoms with E-state index in [-0.39, 0.29) is 34.6 Å². The van der Waals surface area contributed by atoms with Crippen LogP contribution < -0.4 is 5.32 Å². The zero-order valence-electron chi connectivity index (χ0n) is 16.5. The molecule has 1 aromatic rings. The quantitative estimate of drug-likeness (QED) is 0.830. The van der Waals surface area contributed by atoms with Crippen LogP contribution in [0.15, 0.2) is 24.3 Å². The number of hydrogen-bond acceptors (Lipinski definition) is 4. The molecule has 5 nitrogen and oxygen atoms in total. The molecule has 148 valence electrons. The van der Waals surface area contributed by atoms with Gasteiger partial charge in [0.05, 0.1) is 12.7 Å². The monoisotopic (exact) mass is 373 g/mol. The molecule has 2 N–H and O–H groups in total. The van der Waals surface area contributed by atoms with E-state index in [1.807, 2.05) is 18.2 Å². The number of ether oxygens (including phenoxy) is 2. The lowest BCUT2D eigenvalue weighted by atomic mass is 9.59. The van der Waals surface area contributed by atoms with E-state index in [2.05, 4.69) is 19.2 Å². The van der Waals surface area contributed by atoms with Gasteiger partial charge in [-0.05, 0) is 59.6 Å². The van der Waals surface area contributed by atoms with Crippen LogP contribution in [0, 0.1) is 22.7 Å². The molecule has 1 spiro atoms. The normalized spacial score (nSPS) is 36.4. The molecule has 1 aliphatic heterocycles.